The molecule has 5 nitrogen and oxygen atoms in total. The second-order valence-corrected chi connectivity index (χ2v) is 5.06. The number of halogens is 1. The van der Waals surface area contributed by atoms with Crippen molar-refractivity contribution < 1.29 is 9.13 Å². The Bertz CT molecular complexity index is 778. The Balaban J connectivity index is 1.82. The van der Waals surface area contributed by atoms with Gasteiger partial charge in [-0.25, -0.2) is 9.37 Å². The molecule has 0 N–H and O–H groups in total. The summed E-state index contributed by atoms with van der Waals surface area (Å²) >= 11 is 0. The summed E-state index contributed by atoms with van der Waals surface area (Å²) in [6.07, 6.45) is 8.17. The highest BCUT2D eigenvalue weighted by Crippen LogP contribution is 2.25. The van der Waals surface area contributed by atoms with Gasteiger partial charge in [-0.15, -0.1) is 0 Å². The van der Waals surface area contributed by atoms with Gasteiger partial charge < -0.3 is 9.30 Å². The van der Waals surface area contributed by atoms with Crippen LogP contribution in [0, 0.1) is 5.82 Å². The fourth-order valence-electron chi connectivity index (χ4n) is 2.39. The van der Waals surface area contributed by atoms with Crippen molar-refractivity contribution in [3.05, 3.63) is 54.4 Å². The molecule has 0 saturated heterocycles. The van der Waals surface area contributed by atoms with Crippen LogP contribution in [0.2, 0.25) is 0 Å². The van der Waals surface area contributed by atoms with E-state index < -0.39 is 0 Å². The van der Waals surface area contributed by atoms with E-state index in [9.17, 15) is 4.39 Å². The molecule has 0 aliphatic rings. The van der Waals surface area contributed by atoms with E-state index in [-0.39, 0.29) is 5.82 Å². The summed E-state index contributed by atoms with van der Waals surface area (Å²) in [6.45, 7) is 0.715. The predicted octanol–water partition coefficient (Wildman–Crippen LogP) is 2.67. The maximum Gasteiger partial charge on any atom is 0.142 e. The minimum Gasteiger partial charge on any atom is -0.497 e. The smallest absolute Gasteiger partial charge is 0.142 e. The third-order valence-electron chi connectivity index (χ3n) is 3.53. The zero-order valence-electron chi connectivity index (χ0n) is 12.5. The van der Waals surface area contributed by atoms with Gasteiger partial charge in [0.1, 0.15) is 17.4 Å². The number of imidazole rings is 1. The van der Waals surface area contributed by atoms with Crippen LogP contribution in [0.5, 0.6) is 5.75 Å². The van der Waals surface area contributed by atoms with E-state index in [0.29, 0.717) is 23.7 Å². The molecule has 6 heteroatoms. The first-order valence-corrected chi connectivity index (χ1v) is 7.00. The van der Waals surface area contributed by atoms with Crippen molar-refractivity contribution in [3.8, 4) is 17.1 Å². The second kappa shape index (κ2) is 6.01. The summed E-state index contributed by atoms with van der Waals surface area (Å²) in [5.41, 5.74) is 1.61. The van der Waals surface area contributed by atoms with Gasteiger partial charge in [-0.1, -0.05) is 0 Å². The van der Waals surface area contributed by atoms with E-state index in [1.54, 1.807) is 23.0 Å². The molecule has 3 aromatic rings. The molecule has 22 heavy (non-hydrogen) atoms. The number of aromatic nitrogens is 4. The van der Waals surface area contributed by atoms with Crippen LogP contribution in [0.4, 0.5) is 4.39 Å². The molecule has 0 spiro atoms. The molecule has 3 rings (SSSR count). The zero-order valence-corrected chi connectivity index (χ0v) is 12.5. The summed E-state index contributed by atoms with van der Waals surface area (Å²) in [7, 11) is 3.40. The van der Waals surface area contributed by atoms with Crippen LogP contribution in [0.3, 0.4) is 0 Å². The maximum absolute atomic E-state index is 14.2. The molecular weight excluding hydrogens is 283 g/mol. The number of nitrogens with zero attached hydrogens (tertiary/aromatic N) is 4. The average Bonchev–Trinajstić information content (AvgIpc) is 3.13. The predicted molar refractivity (Wildman–Crippen MR) is 81.1 cm³/mol. The minimum absolute atomic E-state index is 0.340. The first kappa shape index (κ1) is 14.3. The molecule has 0 bridgehead atoms. The van der Waals surface area contributed by atoms with Crippen LogP contribution >= 0.6 is 0 Å². The molecule has 0 radical (unpaired) electrons. The summed E-state index contributed by atoms with van der Waals surface area (Å²) in [4.78, 5) is 4.28. The van der Waals surface area contributed by atoms with Crippen molar-refractivity contribution in [2.75, 3.05) is 7.11 Å². The van der Waals surface area contributed by atoms with E-state index in [1.807, 2.05) is 30.2 Å². The van der Waals surface area contributed by atoms with Crippen molar-refractivity contribution in [1.29, 1.82) is 0 Å². The summed E-state index contributed by atoms with van der Waals surface area (Å²) < 4.78 is 22.9. The molecule has 0 aliphatic heterocycles. The molecule has 0 fully saturated rings. The number of rotatable bonds is 5. The Morgan fingerprint density at radius 1 is 1.32 bits per heavy atom. The molecule has 114 valence electrons. The summed E-state index contributed by atoms with van der Waals surface area (Å²) in [5.74, 6) is 0.770. The molecule has 0 aliphatic carbocycles. The Labute approximate surface area is 128 Å². The lowest BCUT2D eigenvalue weighted by Crippen LogP contribution is -2.03. The van der Waals surface area contributed by atoms with E-state index in [2.05, 4.69) is 10.1 Å². The Morgan fingerprint density at radius 3 is 2.86 bits per heavy atom. The number of ether oxygens (including phenoxy) is 1. The highest BCUT2D eigenvalue weighted by Gasteiger charge is 2.12. The fourth-order valence-corrected chi connectivity index (χ4v) is 2.39. The van der Waals surface area contributed by atoms with Gasteiger partial charge in [0.05, 0.1) is 18.9 Å². The van der Waals surface area contributed by atoms with E-state index in [0.717, 1.165) is 12.0 Å². The molecule has 0 unspecified atom stereocenters. The first-order valence-electron chi connectivity index (χ1n) is 7.00. The highest BCUT2D eigenvalue weighted by molar-refractivity contribution is 5.58. The zero-order chi connectivity index (χ0) is 15.5. The van der Waals surface area contributed by atoms with Crippen LogP contribution in [-0.2, 0) is 20.0 Å². The summed E-state index contributed by atoms with van der Waals surface area (Å²) in [6, 6.07) is 4.80. The molecule has 0 amide bonds. The molecule has 0 atom stereocenters. The number of hydrogen-bond donors (Lipinski definition) is 0. The van der Waals surface area contributed by atoms with Gasteiger partial charge in [0.15, 0.2) is 0 Å². The van der Waals surface area contributed by atoms with Gasteiger partial charge >= 0.3 is 0 Å². The largest absolute Gasteiger partial charge is 0.497 e. The Hall–Kier alpha value is -2.63. The van der Waals surface area contributed by atoms with Crippen molar-refractivity contribution >= 4 is 0 Å². The van der Waals surface area contributed by atoms with Gasteiger partial charge in [0.25, 0.3) is 0 Å². The number of aryl methyl sites for hydroxylation is 3. The van der Waals surface area contributed by atoms with Crippen molar-refractivity contribution in [2.45, 2.75) is 13.0 Å². The van der Waals surface area contributed by atoms with Crippen LogP contribution < -0.4 is 4.74 Å². The van der Waals surface area contributed by atoms with Gasteiger partial charge in [0, 0.05) is 38.2 Å². The monoisotopic (exact) mass is 300 g/mol. The standard InChI is InChI=1S/C16H17FN4O/c1-20-11-12(10-19-20)5-7-21-8-6-18-16(21)14-4-3-13(22-2)9-15(14)17/h3-4,6,8-11H,5,7H2,1-2H3. The lowest BCUT2D eigenvalue weighted by molar-refractivity contribution is 0.411. The quantitative estimate of drug-likeness (QED) is 0.727. The van der Waals surface area contributed by atoms with Crippen LogP contribution in [-0.4, -0.2) is 26.4 Å². The normalized spacial score (nSPS) is 10.9. The number of hydrogen-bond acceptors (Lipinski definition) is 3. The van der Waals surface area contributed by atoms with E-state index >= 15 is 0 Å². The maximum atomic E-state index is 14.2. The summed E-state index contributed by atoms with van der Waals surface area (Å²) in [5, 5.41) is 4.15. The SMILES string of the molecule is COc1ccc(-c2nccn2CCc2cnn(C)c2)c(F)c1. The van der Waals surface area contributed by atoms with Crippen molar-refractivity contribution in [3.63, 3.8) is 0 Å². The van der Waals surface area contributed by atoms with Crippen molar-refractivity contribution in [1.82, 2.24) is 19.3 Å². The van der Waals surface area contributed by atoms with Crippen LogP contribution in [0.25, 0.3) is 11.4 Å². The minimum atomic E-state index is -0.340. The third-order valence-corrected chi connectivity index (χ3v) is 3.53. The second-order valence-electron chi connectivity index (χ2n) is 5.06. The van der Waals surface area contributed by atoms with E-state index in [1.165, 1.54) is 13.2 Å². The highest BCUT2D eigenvalue weighted by atomic mass is 19.1. The molecule has 0 saturated carbocycles. The fraction of sp³-hybridized carbons (Fsp3) is 0.250. The lowest BCUT2D eigenvalue weighted by Gasteiger charge is -2.09. The molecule has 2 aromatic heterocycles. The van der Waals surface area contributed by atoms with Gasteiger partial charge in [-0.3, -0.25) is 4.68 Å². The number of methoxy groups -OCH3 is 1. The Kier molecular flexibility index (Phi) is 3.91. The lowest BCUT2D eigenvalue weighted by atomic mass is 10.2. The first-order chi connectivity index (χ1) is 10.7. The van der Waals surface area contributed by atoms with Gasteiger partial charge in [-0.2, -0.15) is 5.10 Å². The average molecular weight is 300 g/mol. The van der Waals surface area contributed by atoms with E-state index in [4.69, 9.17) is 4.74 Å². The van der Waals surface area contributed by atoms with Gasteiger partial charge in [-0.05, 0) is 24.1 Å². The molecular formula is C16H17FN4O. The molecule has 2 heterocycles. The van der Waals surface area contributed by atoms with Gasteiger partial charge in [0.2, 0.25) is 0 Å². The topological polar surface area (TPSA) is 44.9 Å². The third kappa shape index (κ3) is 2.86. The van der Waals surface area contributed by atoms with Crippen LogP contribution in [0.1, 0.15) is 5.56 Å². The Morgan fingerprint density at radius 2 is 2.18 bits per heavy atom. The van der Waals surface area contributed by atoms with Crippen LogP contribution in [0.15, 0.2) is 43.0 Å². The number of benzene rings is 1. The van der Waals surface area contributed by atoms with Crippen molar-refractivity contribution in [2.24, 2.45) is 7.05 Å². The molecule has 1 aromatic carbocycles.